The summed E-state index contributed by atoms with van der Waals surface area (Å²) in [6.45, 7) is 3.66. The van der Waals surface area contributed by atoms with Gasteiger partial charge in [0.2, 0.25) is 5.79 Å². The molecule has 1 aromatic carbocycles. The van der Waals surface area contributed by atoms with E-state index in [2.05, 4.69) is 0 Å². The molecule has 1 aromatic rings. The first-order chi connectivity index (χ1) is 7.40. The molecular weight excluding hydrogens is 228 g/mol. The topological polar surface area (TPSA) is 38.7 Å². The molecule has 3 nitrogen and oxygen atoms in total. The van der Waals surface area contributed by atoms with Gasteiger partial charge >= 0.3 is 0 Å². The molecule has 2 aliphatic rings. The summed E-state index contributed by atoms with van der Waals surface area (Å²) in [5.41, 5.74) is 0.118. The molecule has 1 aliphatic carbocycles. The lowest BCUT2D eigenvalue weighted by atomic mass is 10.1. The largest absolute Gasteiger partial charge is 0.449 e. The van der Waals surface area contributed by atoms with E-state index >= 15 is 0 Å². The Morgan fingerprint density at radius 1 is 1.25 bits per heavy atom. The normalized spacial score (nSPS) is 23.2. The maximum absolute atomic E-state index is 10.0. The average molecular weight is 241 g/mol. The van der Waals surface area contributed by atoms with Crippen LogP contribution >= 0.6 is 11.6 Å². The second-order valence-corrected chi connectivity index (χ2v) is 5.33. The summed E-state index contributed by atoms with van der Waals surface area (Å²) in [6, 6.07) is 3.58. The Balaban J connectivity index is 2.07. The van der Waals surface area contributed by atoms with Gasteiger partial charge in [0, 0.05) is 13.8 Å². The van der Waals surface area contributed by atoms with E-state index in [0.29, 0.717) is 16.5 Å². The first kappa shape index (κ1) is 10.2. The molecule has 0 radical (unpaired) electrons. The van der Waals surface area contributed by atoms with Gasteiger partial charge in [-0.25, -0.2) is 0 Å². The van der Waals surface area contributed by atoms with Crippen molar-refractivity contribution < 1.29 is 14.6 Å². The molecule has 0 saturated heterocycles. The highest BCUT2D eigenvalue weighted by Crippen LogP contribution is 2.51. The smallest absolute Gasteiger partial charge is 0.246 e. The Morgan fingerprint density at radius 2 is 1.94 bits per heavy atom. The molecule has 0 amide bonds. The number of aliphatic hydroxyl groups is 1. The van der Waals surface area contributed by atoms with Crippen molar-refractivity contribution in [3.63, 3.8) is 0 Å². The van der Waals surface area contributed by atoms with Crippen molar-refractivity contribution in [3.05, 3.63) is 22.7 Å². The highest BCUT2D eigenvalue weighted by molar-refractivity contribution is 6.32. The summed E-state index contributed by atoms with van der Waals surface area (Å²) in [5, 5.41) is 10.5. The van der Waals surface area contributed by atoms with Crippen LogP contribution in [0.4, 0.5) is 0 Å². The summed E-state index contributed by atoms with van der Waals surface area (Å²) in [4.78, 5) is 0. The zero-order valence-corrected chi connectivity index (χ0v) is 9.97. The fourth-order valence-corrected chi connectivity index (χ4v) is 2.20. The summed E-state index contributed by atoms with van der Waals surface area (Å²) in [6.07, 6.45) is 1.57. The highest BCUT2D eigenvalue weighted by atomic mass is 35.5. The molecule has 86 valence electrons. The molecule has 1 heterocycles. The van der Waals surface area contributed by atoms with Crippen LogP contribution in [0.3, 0.4) is 0 Å². The fourth-order valence-electron chi connectivity index (χ4n) is 1.95. The Labute approximate surface area is 98.9 Å². The van der Waals surface area contributed by atoms with Gasteiger partial charge in [-0.3, -0.25) is 0 Å². The summed E-state index contributed by atoms with van der Waals surface area (Å²) in [7, 11) is 0. The number of ether oxygens (including phenoxy) is 2. The third kappa shape index (κ3) is 1.46. The number of benzene rings is 1. The van der Waals surface area contributed by atoms with E-state index in [1.807, 2.05) is 19.9 Å². The van der Waals surface area contributed by atoms with E-state index in [4.69, 9.17) is 21.1 Å². The fraction of sp³-hybridized carbons (Fsp3) is 0.500. The molecule has 1 N–H and O–H groups in total. The van der Waals surface area contributed by atoms with Gasteiger partial charge in [-0.15, -0.1) is 0 Å². The van der Waals surface area contributed by atoms with E-state index in [1.54, 1.807) is 6.07 Å². The average Bonchev–Trinajstić information content (AvgIpc) is 2.82. The van der Waals surface area contributed by atoms with Crippen LogP contribution in [-0.4, -0.2) is 10.9 Å². The zero-order chi connectivity index (χ0) is 11.6. The maximum atomic E-state index is 10.0. The SMILES string of the molecule is CC1(C)Oc2cc(C3(O)CC3)cc(Cl)c2O1. The van der Waals surface area contributed by atoms with Crippen molar-refractivity contribution in [2.45, 2.75) is 38.1 Å². The molecule has 3 rings (SSSR count). The van der Waals surface area contributed by atoms with Gasteiger partial charge in [0.25, 0.3) is 0 Å². The Morgan fingerprint density at radius 3 is 2.56 bits per heavy atom. The van der Waals surface area contributed by atoms with Crippen LogP contribution in [0.15, 0.2) is 12.1 Å². The van der Waals surface area contributed by atoms with Gasteiger partial charge in [-0.05, 0) is 30.5 Å². The van der Waals surface area contributed by atoms with Gasteiger partial charge in [0.15, 0.2) is 11.5 Å². The molecule has 1 saturated carbocycles. The predicted octanol–water partition coefficient (Wildman–Crippen LogP) is 2.83. The molecule has 1 fully saturated rings. The van der Waals surface area contributed by atoms with E-state index in [0.717, 1.165) is 18.4 Å². The molecule has 0 atom stereocenters. The predicted molar refractivity (Wildman–Crippen MR) is 59.9 cm³/mol. The van der Waals surface area contributed by atoms with Crippen molar-refractivity contribution in [1.29, 1.82) is 0 Å². The highest BCUT2D eigenvalue weighted by Gasteiger charge is 2.44. The second-order valence-electron chi connectivity index (χ2n) is 4.92. The van der Waals surface area contributed by atoms with Crippen molar-refractivity contribution in [1.82, 2.24) is 0 Å². The van der Waals surface area contributed by atoms with Crippen LogP contribution in [-0.2, 0) is 5.60 Å². The molecule has 0 bridgehead atoms. The van der Waals surface area contributed by atoms with Crippen molar-refractivity contribution in [3.8, 4) is 11.5 Å². The second kappa shape index (κ2) is 2.84. The Bertz CT molecular complexity index is 464. The summed E-state index contributed by atoms with van der Waals surface area (Å²) < 4.78 is 11.2. The maximum Gasteiger partial charge on any atom is 0.246 e. The summed E-state index contributed by atoms with van der Waals surface area (Å²) in [5.74, 6) is 0.504. The lowest BCUT2D eigenvalue weighted by Crippen LogP contribution is -2.29. The number of rotatable bonds is 1. The van der Waals surface area contributed by atoms with Crippen LogP contribution in [0.5, 0.6) is 11.5 Å². The van der Waals surface area contributed by atoms with E-state index in [-0.39, 0.29) is 0 Å². The van der Waals surface area contributed by atoms with Crippen LogP contribution < -0.4 is 9.47 Å². The molecule has 0 aromatic heterocycles. The summed E-state index contributed by atoms with van der Waals surface area (Å²) >= 11 is 6.12. The quantitative estimate of drug-likeness (QED) is 0.820. The number of halogens is 1. The van der Waals surface area contributed by atoms with Gasteiger partial charge in [-0.2, -0.15) is 0 Å². The minimum atomic E-state index is -0.700. The van der Waals surface area contributed by atoms with Gasteiger partial charge in [-0.1, -0.05) is 11.6 Å². The third-order valence-electron chi connectivity index (χ3n) is 2.97. The third-order valence-corrected chi connectivity index (χ3v) is 3.25. The van der Waals surface area contributed by atoms with E-state index < -0.39 is 11.4 Å². The molecule has 0 unspecified atom stereocenters. The van der Waals surface area contributed by atoms with Crippen molar-refractivity contribution >= 4 is 11.6 Å². The van der Waals surface area contributed by atoms with Crippen molar-refractivity contribution in [2.75, 3.05) is 0 Å². The van der Waals surface area contributed by atoms with E-state index in [1.165, 1.54) is 0 Å². The first-order valence-electron chi connectivity index (χ1n) is 5.34. The molecule has 1 aliphatic heterocycles. The van der Waals surface area contributed by atoms with E-state index in [9.17, 15) is 5.11 Å². The number of hydrogen-bond acceptors (Lipinski definition) is 3. The lowest BCUT2D eigenvalue weighted by molar-refractivity contribution is -0.0431. The first-order valence-corrected chi connectivity index (χ1v) is 5.72. The Hall–Kier alpha value is -0.930. The monoisotopic (exact) mass is 240 g/mol. The lowest BCUT2D eigenvalue weighted by Gasteiger charge is -2.16. The van der Waals surface area contributed by atoms with Crippen LogP contribution in [0, 0.1) is 0 Å². The number of fused-ring (bicyclic) bond motifs is 1. The van der Waals surface area contributed by atoms with Crippen molar-refractivity contribution in [2.24, 2.45) is 0 Å². The van der Waals surface area contributed by atoms with Crippen LogP contribution in [0.1, 0.15) is 32.3 Å². The van der Waals surface area contributed by atoms with Gasteiger partial charge in [0.05, 0.1) is 10.6 Å². The van der Waals surface area contributed by atoms with Crippen LogP contribution in [0.25, 0.3) is 0 Å². The number of hydrogen-bond donors (Lipinski definition) is 1. The molecular formula is C12H13ClO3. The minimum Gasteiger partial charge on any atom is -0.449 e. The Kier molecular flexibility index (Phi) is 1.82. The zero-order valence-electron chi connectivity index (χ0n) is 9.21. The molecule has 16 heavy (non-hydrogen) atoms. The molecule has 0 spiro atoms. The standard InChI is InChI=1S/C12H13ClO3/c1-11(2)15-9-6-7(12(14)3-4-12)5-8(13)10(9)16-11/h5-6,14H,3-4H2,1-2H3. The minimum absolute atomic E-state index is 0.499. The van der Waals surface area contributed by atoms with Crippen LogP contribution in [0.2, 0.25) is 5.02 Å². The molecule has 4 heteroatoms. The van der Waals surface area contributed by atoms with Gasteiger partial charge < -0.3 is 14.6 Å². The van der Waals surface area contributed by atoms with Gasteiger partial charge in [0.1, 0.15) is 0 Å².